The van der Waals surface area contributed by atoms with Gasteiger partial charge in [-0.2, -0.15) is 4.31 Å². The molecule has 0 unspecified atom stereocenters. The molecule has 19 heavy (non-hydrogen) atoms. The van der Waals surface area contributed by atoms with Crippen LogP contribution in [-0.2, 0) is 10.0 Å². The van der Waals surface area contributed by atoms with Gasteiger partial charge in [-0.3, -0.25) is 0 Å². The van der Waals surface area contributed by atoms with E-state index in [9.17, 15) is 8.42 Å². The lowest BCUT2D eigenvalue weighted by atomic mass is 9.82. The standard InChI is InChI=1S/C14H22N2O2S/c1-10(2)14(15)8-16(9-14)19(17,18)13-6-5-11(3)12(4)7-13/h5-7,10H,8-9,15H2,1-4H3. The zero-order valence-electron chi connectivity index (χ0n) is 12.0. The van der Waals surface area contributed by atoms with Crippen molar-refractivity contribution in [2.45, 2.75) is 38.1 Å². The van der Waals surface area contributed by atoms with Crippen LogP contribution in [-0.4, -0.2) is 31.4 Å². The predicted molar refractivity (Wildman–Crippen MR) is 76.4 cm³/mol. The molecule has 0 amide bonds. The summed E-state index contributed by atoms with van der Waals surface area (Å²) in [5, 5.41) is 0. The van der Waals surface area contributed by atoms with Crippen molar-refractivity contribution in [2.24, 2.45) is 11.7 Å². The van der Waals surface area contributed by atoms with Crippen LogP contribution < -0.4 is 5.73 Å². The highest BCUT2D eigenvalue weighted by Gasteiger charge is 2.47. The highest BCUT2D eigenvalue weighted by Crippen LogP contribution is 2.31. The Kier molecular flexibility index (Phi) is 3.49. The van der Waals surface area contributed by atoms with Crippen LogP contribution in [0.15, 0.2) is 23.1 Å². The van der Waals surface area contributed by atoms with Gasteiger partial charge in [0, 0.05) is 18.6 Å². The van der Waals surface area contributed by atoms with Gasteiger partial charge in [0.2, 0.25) is 10.0 Å². The summed E-state index contributed by atoms with van der Waals surface area (Å²) >= 11 is 0. The number of benzene rings is 1. The first kappa shape index (κ1) is 14.5. The largest absolute Gasteiger partial charge is 0.323 e. The summed E-state index contributed by atoms with van der Waals surface area (Å²) in [6.07, 6.45) is 0. The summed E-state index contributed by atoms with van der Waals surface area (Å²) in [6.45, 7) is 8.75. The van der Waals surface area contributed by atoms with E-state index < -0.39 is 10.0 Å². The van der Waals surface area contributed by atoms with Gasteiger partial charge in [0.25, 0.3) is 0 Å². The van der Waals surface area contributed by atoms with Gasteiger partial charge in [-0.25, -0.2) is 8.42 Å². The van der Waals surface area contributed by atoms with Crippen molar-refractivity contribution >= 4 is 10.0 Å². The number of sulfonamides is 1. The van der Waals surface area contributed by atoms with E-state index in [1.807, 2.05) is 33.8 Å². The predicted octanol–water partition coefficient (Wildman–Crippen LogP) is 1.66. The Morgan fingerprint density at radius 3 is 2.26 bits per heavy atom. The van der Waals surface area contributed by atoms with E-state index in [0.29, 0.717) is 18.0 Å². The summed E-state index contributed by atoms with van der Waals surface area (Å²) < 4.78 is 26.4. The molecular weight excluding hydrogens is 260 g/mol. The summed E-state index contributed by atoms with van der Waals surface area (Å²) in [5.74, 6) is 0.277. The summed E-state index contributed by atoms with van der Waals surface area (Å²) in [7, 11) is -3.39. The Labute approximate surface area is 115 Å². The van der Waals surface area contributed by atoms with Gasteiger partial charge in [-0.1, -0.05) is 19.9 Å². The van der Waals surface area contributed by atoms with Crippen molar-refractivity contribution in [3.63, 3.8) is 0 Å². The molecule has 0 spiro atoms. The maximum Gasteiger partial charge on any atom is 0.243 e. The molecule has 0 bridgehead atoms. The Morgan fingerprint density at radius 1 is 1.21 bits per heavy atom. The maximum atomic E-state index is 12.5. The number of hydrogen-bond acceptors (Lipinski definition) is 3. The number of hydrogen-bond donors (Lipinski definition) is 1. The summed E-state index contributed by atoms with van der Waals surface area (Å²) in [5.41, 5.74) is 7.86. The van der Waals surface area contributed by atoms with Crippen molar-refractivity contribution in [3.05, 3.63) is 29.3 Å². The third-order valence-corrected chi connectivity index (χ3v) is 6.00. The molecule has 1 aliphatic heterocycles. The third-order valence-electron chi connectivity index (χ3n) is 4.21. The van der Waals surface area contributed by atoms with Crippen LogP contribution >= 0.6 is 0 Å². The minimum Gasteiger partial charge on any atom is -0.323 e. The van der Waals surface area contributed by atoms with Crippen LogP contribution in [0.4, 0.5) is 0 Å². The minimum absolute atomic E-state index is 0.277. The Balaban J connectivity index is 2.23. The van der Waals surface area contributed by atoms with Gasteiger partial charge in [0.1, 0.15) is 0 Å². The molecule has 1 aromatic rings. The van der Waals surface area contributed by atoms with Crippen LogP contribution in [0, 0.1) is 19.8 Å². The van der Waals surface area contributed by atoms with Crippen LogP contribution in [0.2, 0.25) is 0 Å². The van der Waals surface area contributed by atoms with E-state index >= 15 is 0 Å². The van der Waals surface area contributed by atoms with Gasteiger partial charge < -0.3 is 5.73 Å². The van der Waals surface area contributed by atoms with Crippen molar-refractivity contribution in [2.75, 3.05) is 13.1 Å². The van der Waals surface area contributed by atoms with E-state index in [1.54, 1.807) is 12.1 Å². The number of nitrogens with zero attached hydrogens (tertiary/aromatic N) is 1. The molecule has 2 rings (SSSR count). The smallest absolute Gasteiger partial charge is 0.243 e. The molecule has 5 heteroatoms. The number of rotatable bonds is 3. The van der Waals surface area contributed by atoms with Crippen LogP contribution in [0.25, 0.3) is 0 Å². The minimum atomic E-state index is -3.39. The van der Waals surface area contributed by atoms with Gasteiger partial charge >= 0.3 is 0 Å². The first-order chi connectivity index (χ1) is 8.67. The first-order valence-electron chi connectivity index (χ1n) is 6.53. The SMILES string of the molecule is Cc1ccc(S(=O)(=O)N2CC(N)(C(C)C)C2)cc1C. The zero-order valence-corrected chi connectivity index (χ0v) is 12.8. The van der Waals surface area contributed by atoms with Gasteiger partial charge in [-0.15, -0.1) is 0 Å². The molecule has 0 saturated carbocycles. The van der Waals surface area contributed by atoms with Crippen LogP contribution in [0.5, 0.6) is 0 Å². The van der Waals surface area contributed by atoms with Gasteiger partial charge in [-0.05, 0) is 43.0 Å². The second kappa shape index (κ2) is 4.58. The molecule has 1 aromatic carbocycles. The average Bonchev–Trinajstić information content (AvgIpc) is 2.27. The lowest BCUT2D eigenvalue weighted by Gasteiger charge is -2.49. The molecule has 1 heterocycles. The van der Waals surface area contributed by atoms with E-state index in [2.05, 4.69) is 0 Å². The molecule has 0 aromatic heterocycles. The number of aryl methyl sites for hydroxylation is 2. The molecule has 1 aliphatic rings. The lowest BCUT2D eigenvalue weighted by molar-refractivity contribution is 0.110. The fourth-order valence-electron chi connectivity index (χ4n) is 2.17. The second-order valence-electron chi connectivity index (χ2n) is 5.91. The van der Waals surface area contributed by atoms with Crippen LogP contribution in [0.1, 0.15) is 25.0 Å². The molecule has 0 aliphatic carbocycles. The molecular formula is C14H22N2O2S. The van der Waals surface area contributed by atoms with Crippen molar-refractivity contribution in [3.8, 4) is 0 Å². The Bertz CT molecular complexity index is 587. The first-order valence-corrected chi connectivity index (χ1v) is 7.97. The summed E-state index contributed by atoms with van der Waals surface area (Å²) in [4.78, 5) is 0.362. The molecule has 2 N–H and O–H groups in total. The molecule has 0 atom stereocenters. The normalized spacial score (nSPS) is 19.5. The van der Waals surface area contributed by atoms with Crippen molar-refractivity contribution in [1.82, 2.24) is 4.31 Å². The van der Waals surface area contributed by atoms with E-state index in [-0.39, 0.29) is 11.5 Å². The average molecular weight is 282 g/mol. The number of nitrogens with two attached hydrogens (primary N) is 1. The van der Waals surface area contributed by atoms with Crippen LogP contribution in [0.3, 0.4) is 0 Å². The van der Waals surface area contributed by atoms with Gasteiger partial charge in [0.05, 0.1) is 4.90 Å². The molecule has 4 nitrogen and oxygen atoms in total. The fraction of sp³-hybridized carbons (Fsp3) is 0.571. The van der Waals surface area contributed by atoms with E-state index in [4.69, 9.17) is 5.73 Å². The maximum absolute atomic E-state index is 12.5. The van der Waals surface area contributed by atoms with Crippen molar-refractivity contribution in [1.29, 1.82) is 0 Å². The Hall–Kier alpha value is -0.910. The fourth-order valence-corrected chi connectivity index (χ4v) is 3.85. The van der Waals surface area contributed by atoms with E-state index in [0.717, 1.165) is 11.1 Å². The van der Waals surface area contributed by atoms with E-state index in [1.165, 1.54) is 4.31 Å². The van der Waals surface area contributed by atoms with Gasteiger partial charge in [0.15, 0.2) is 0 Å². The highest BCUT2D eigenvalue weighted by atomic mass is 32.2. The van der Waals surface area contributed by atoms with Crippen molar-refractivity contribution < 1.29 is 8.42 Å². The Morgan fingerprint density at radius 2 is 1.79 bits per heavy atom. The molecule has 0 radical (unpaired) electrons. The second-order valence-corrected chi connectivity index (χ2v) is 7.84. The quantitative estimate of drug-likeness (QED) is 0.917. The highest BCUT2D eigenvalue weighted by molar-refractivity contribution is 7.89. The molecule has 1 fully saturated rings. The zero-order chi connectivity index (χ0) is 14.4. The summed E-state index contributed by atoms with van der Waals surface area (Å²) in [6, 6.07) is 5.25. The lowest BCUT2D eigenvalue weighted by Crippen LogP contribution is -2.70. The monoisotopic (exact) mass is 282 g/mol. The third kappa shape index (κ3) is 2.42. The topological polar surface area (TPSA) is 63.4 Å². The molecule has 106 valence electrons. The molecule has 1 saturated heterocycles.